The first-order valence-corrected chi connectivity index (χ1v) is 7.71. The molecule has 0 spiro atoms. The molecule has 23 heavy (non-hydrogen) atoms. The van der Waals surface area contributed by atoms with Gasteiger partial charge in [-0.2, -0.15) is 0 Å². The molecule has 3 rings (SSSR count). The van der Waals surface area contributed by atoms with Gasteiger partial charge >= 0.3 is 0 Å². The molecular weight excluding hydrogens is 292 g/mol. The number of pyridine rings is 2. The number of carbonyl (C=O) groups excluding carboxylic acids is 1. The van der Waals surface area contributed by atoms with Crippen molar-refractivity contribution in [2.45, 2.75) is 13.3 Å². The van der Waals surface area contributed by atoms with Crippen molar-refractivity contribution in [3.63, 3.8) is 0 Å². The summed E-state index contributed by atoms with van der Waals surface area (Å²) in [7, 11) is 0. The fourth-order valence-electron chi connectivity index (χ4n) is 2.43. The van der Waals surface area contributed by atoms with Crippen LogP contribution in [0.15, 0.2) is 36.7 Å². The van der Waals surface area contributed by atoms with Crippen molar-refractivity contribution in [3.8, 4) is 0 Å². The van der Waals surface area contributed by atoms with Crippen LogP contribution in [0.3, 0.4) is 0 Å². The largest absolute Gasteiger partial charge is 0.378 e. The molecule has 6 heteroatoms. The van der Waals surface area contributed by atoms with Gasteiger partial charge in [0.05, 0.1) is 31.5 Å². The number of aromatic nitrogens is 2. The van der Waals surface area contributed by atoms with Crippen LogP contribution in [0.2, 0.25) is 0 Å². The molecule has 1 aliphatic heterocycles. The van der Waals surface area contributed by atoms with E-state index in [4.69, 9.17) is 4.74 Å². The standard InChI is InChI=1S/C17H20N4O2/c1-13-2-3-14(11-18-13)10-17(22)20-15-4-5-16(19-12-15)21-6-8-23-9-7-21/h2-5,11-12H,6-10H2,1H3,(H,20,22). The lowest BCUT2D eigenvalue weighted by atomic mass is 10.2. The molecule has 0 atom stereocenters. The second kappa shape index (κ2) is 7.19. The Labute approximate surface area is 135 Å². The van der Waals surface area contributed by atoms with Gasteiger partial charge in [-0.15, -0.1) is 0 Å². The molecule has 6 nitrogen and oxygen atoms in total. The number of hydrogen-bond acceptors (Lipinski definition) is 5. The molecular formula is C17H20N4O2. The maximum absolute atomic E-state index is 12.1. The van der Waals surface area contributed by atoms with Gasteiger partial charge in [-0.3, -0.25) is 9.78 Å². The van der Waals surface area contributed by atoms with Gasteiger partial charge in [0.25, 0.3) is 0 Å². The number of nitrogens with zero attached hydrogens (tertiary/aromatic N) is 3. The second-order valence-corrected chi connectivity index (χ2v) is 5.54. The molecule has 1 aliphatic rings. The summed E-state index contributed by atoms with van der Waals surface area (Å²) in [6, 6.07) is 7.63. The van der Waals surface area contributed by atoms with Crippen molar-refractivity contribution < 1.29 is 9.53 Å². The van der Waals surface area contributed by atoms with E-state index in [-0.39, 0.29) is 5.91 Å². The molecule has 1 amide bonds. The molecule has 0 aliphatic carbocycles. The molecule has 0 unspecified atom stereocenters. The highest BCUT2D eigenvalue weighted by Crippen LogP contribution is 2.15. The van der Waals surface area contributed by atoms with Gasteiger partial charge in [0.2, 0.25) is 5.91 Å². The van der Waals surface area contributed by atoms with Crippen LogP contribution >= 0.6 is 0 Å². The number of ether oxygens (including phenoxy) is 1. The lowest BCUT2D eigenvalue weighted by Crippen LogP contribution is -2.36. The monoisotopic (exact) mass is 312 g/mol. The Morgan fingerprint density at radius 3 is 2.65 bits per heavy atom. The first-order valence-electron chi connectivity index (χ1n) is 7.71. The summed E-state index contributed by atoms with van der Waals surface area (Å²) in [5, 5.41) is 2.86. The zero-order chi connectivity index (χ0) is 16.1. The molecule has 1 fully saturated rings. The van der Waals surface area contributed by atoms with Gasteiger partial charge < -0.3 is 15.0 Å². The van der Waals surface area contributed by atoms with E-state index in [9.17, 15) is 4.79 Å². The summed E-state index contributed by atoms with van der Waals surface area (Å²) in [5.41, 5.74) is 2.54. The molecule has 0 radical (unpaired) electrons. The van der Waals surface area contributed by atoms with E-state index >= 15 is 0 Å². The number of morpholine rings is 1. The predicted octanol–water partition coefficient (Wildman–Crippen LogP) is 1.80. The third-order valence-corrected chi connectivity index (χ3v) is 3.70. The Bertz CT molecular complexity index is 649. The fourth-order valence-corrected chi connectivity index (χ4v) is 2.43. The quantitative estimate of drug-likeness (QED) is 0.932. The van der Waals surface area contributed by atoms with Crippen LogP contribution in [-0.4, -0.2) is 42.2 Å². The third-order valence-electron chi connectivity index (χ3n) is 3.70. The van der Waals surface area contributed by atoms with Crippen molar-refractivity contribution in [2.75, 3.05) is 36.5 Å². The Hall–Kier alpha value is -2.47. The minimum absolute atomic E-state index is 0.0726. The first kappa shape index (κ1) is 15.4. The highest BCUT2D eigenvalue weighted by Gasteiger charge is 2.12. The fraction of sp³-hybridized carbons (Fsp3) is 0.353. The predicted molar refractivity (Wildman–Crippen MR) is 88.6 cm³/mol. The molecule has 1 saturated heterocycles. The maximum Gasteiger partial charge on any atom is 0.228 e. The van der Waals surface area contributed by atoms with Gasteiger partial charge in [0.15, 0.2) is 0 Å². The zero-order valence-corrected chi connectivity index (χ0v) is 13.2. The van der Waals surface area contributed by atoms with Gasteiger partial charge in [0, 0.05) is 25.0 Å². The lowest BCUT2D eigenvalue weighted by Gasteiger charge is -2.27. The summed E-state index contributed by atoms with van der Waals surface area (Å²) in [6.45, 7) is 5.07. The molecule has 1 N–H and O–H groups in total. The van der Waals surface area contributed by atoms with E-state index in [1.165, 1.54) is 0 Å². The van der Waals surface area contributed by atoms with Gasteiger partial charge in [-0.05, 0) is 30.7 Å². The second-order valence-electron chi connectivity index (χ2n) is 5.54. The van der Waals surface area contributed by atoms with E-state index in [0.717, 1.165) is 43.4 Å². The SMILES string of the molecule is Cc1ccc(CC(=O)Nc2ccc(N3CCOCC3)nc2)cn1. The van der Waals surface area contributed by atoms with Crippen molar-refractivity contribution in [1.29, 1.82) is 0 Å². The van der Waals surface area contributed by atoms with E-state index in [2.05, 4.69) is 20.2 Å². The number of amides is 1. The Balaban J connectivity index is 1.57. The Morgan fingerprint density at radius 2 is 2.00 bits per heavy atom. The topological polar surface area (TPSA) is 67.4 Å². The van der Waals surface area contributed by atoms with E-state index in [0.29, 0.717) is 12.1 Å². The summed E-state index contributed by atoms with van der Waals surface area (Å²) >= 11 is 0. The van der Waals surface area contributed by atoms with Crippen LogP contribution in [0.1, 0.15) is 11.3 Å². The number of carbonyl (C=O) groups is 1. The smallest absolute Gasteiger partial charge is 0.228 e. The zero-order valence-electron chi connectivity index (χ0n) is 13.2. The number of rotatable bonds is 4. The molecule has 2 aromatic rings. The van der Waals surface area contributed by atoms with Crippen molar-refractivity contribution in [1.82, 2.24) is 9.97 Å². The van der Waals surface area contributed by atoms with Gasteiger partial charge in [0.1, 0.15) is 5.82 Å². The number of nitrogens with one attached hydrogen (secondary N) is 1. The van der Waals surface area contributed by atoms with Crippen molar-refractivity contribution >= 4 is 17.4 Å². The van der Waals surface area contributed by atoms with E-state index in [1.807, 2.05) is 31.2 Å². The Kier molecular flexibility index (Phi) is 4.83. The molecule has 3 heterocycles. The maximum atomic E-state index is 12.1. The van der Waals surface area contributed by atoms with Gasteiger partial charge in [-0.1, -0.05) is 6.07 Å². The van der Waals surface area contributed by atoms with Crippen LogP contribution in [0.25, 0.3) is 0 Å². The van der Waals surface area contributed by atoms with Crippen molar-refractivity contribution in [2.24, 2.45) is 0 Å². The first-order chi connectivity index (χ1) is 11.2. The van der Waals surface area contributed by atoms with Crippen LogP contribution in [-0.2, 0) is 16.0 Å². The highest BCUT2D eigenvalue weighted by molar-refractivity contribution is 5.92. The summed E-state index contributed by atoms with van der Waals surface area (Å²) in [6.07, 6.45) is 3.73. The number of hydrogen-bond donors (Lipinski definition) is 1. The summed E-state index contributed by atoms with van der Waals surface area (Å²) in [4.78, 5) is 22.8. The van der Waals surface area contributed by atoms with Crippen LogP contribution < -0.4 is 10.2 Å². The van der Waals surface area contributed by atoms with E-state index < -0.39 is 0 Å². The third kappa shape index (κ3) is 4.26. The van der Waals surface area contributed by atoms with Crippen LogP contribution in [0, 0.1) is 6.92 Å². The van der Waals surface area contributed by atoms with Crippen molar-refractivity contribution in [3.05, 3.63) is 47.9 Å². The average Bonchev–Trinajstić information content (AvgIpc) is 2.58. The van der Waals surface area contributed by atoms with Crippen LogP contribution in [0.5, 0.6) is 0 Å². The summed E-state index contributed by atoms with van der Waals surface area (Å²) < 4.78 is 5.33. The Morgan fingerprint density at radius 1 is 1.17 bits per heavy atom. The minimum Gasteiger partial charge on any atom is -0.378 e. The molecule has 0 saturated carbocycles. The average molecular weight is 312 g/mol. The molecule has 0 bridgehead atoms. The highest BCUT2D eigenvalue weighted by atomic mass is 16.5. The summed E-state index contributed by atoms with van der Waals surface area (Å²) in [5.74, 6) is 0.839. The number of aryl methyl sites for hydroxylation is 1. The number of anilines is 2. The lowest BCUT2D eigenvalue weighted by molar-refractivity contribution is -0.115. The van der Waals surface area contributed by atoms with Crippen LogP contribution in [0.4, 0.5) is 11.5 Å². The molecule has 120 valence electrons. The molecule has 2 aromatic heterocycles. The van der Waals surface area contributed by atoms with E-state index in [1.54, 1.807) is 12.4 Å². The van der Waals surface area contributed by atoms with Gasteiger partial charge in [-0.25, -0.2) is 4.98 Å². The minimum atomic E-state index is -0.0726. The molecule has 0 aromatic carbocycles. The normalized spacial score (nSPS) is 14.6.